The Morgan fingerprint density at radius 3 is 2.15 bits per heavy atom. The molecular weight excluding hydrogens is 366 g/mol. The molecule has 0 atom stereocenters. The van der Waals surface area contributed by atoms with E-state index < -0.39 is 0 Å². The van der Waals surface area contributed by atoms with Crippen molar-refractivity contribution in [3.8, 4) is 0 Å². The van der Waals surface area contributed by atoms with Gasteiger partial charge in [0, 0.05) is 5.92 Å². The summed E-state index contributed by atoms with van der Waals surface area (Å²) in [6, 6.07) is 13.1. The van der Waals surface area contributed by atoms with Crippen molar-refractivity contribution in [3.05, 3.63) is 66.3 Å². The van der Waals surface area contributed by atoms with E-state index in [1.54, 1.807) is 24.2 Å². The SMILES string of the molecule is C1=CC(c2cc3ccccc3[cH-]2)C=C1.C[C](C)=[Zr+2].[Cl-].[Cl-]. The zero-order chi connectivity index (χ0) is 13.0. The maximum absolute atomic E-state index is 2.28. The standard InChI is InChI=1S/C14H11.C3H6.2ClH.Zr/c1-2-6-11(5-1)14-9-12-7-3-4-8-13(12)10-14;1-3-2;;;/h1-11H;1-2H3;2*1H;/q-1;;;;+2/p-2. The second kappa shape index (κ2) is 9.56. The minimum atomic E-state index is 0. The molecule has 2 aromatic rings. The maximum atomic E-state index is 2.28. The summed E-state index contributed by atoms with van der Waals surface area (Å²) >= 11 is 1.55. The molecule has 0 heterocycles. The topological polar surface area (TPSA) is 0 Å². The van der Waals surface area contributed by atoms with E-state index in [0.29, 0.717) is 5.92 Å². The van der Waals surface area contributed by atoms with Gasteiger partial charge in [-0.05, 0) is 0 Å². The predicted octanol–water partition coefficient (Wildman–Crippen LogP) is -1.48. The first kappa shape index (κ1) is 19.6. The molecule has 0 N–H and O–H groups in total. The third kappa shape index (κ3) is 5.56. The van der Waals surface area contributed by atoms with Crippen molar-refractivity contribution in [1.82, 2.24) is 0 Å². The summed E-state index contributed by atoms with van der Waals surface area (Å²) in [5.41, 5.74) is 1.40. The van der Waals surface area contributed by atoms with Crippen LogP contribution < -0.4 is 24.8 Å². The maximum Gasteiger partial charge on any atom is -1.00 e. The Balaban J connectivity index is 0.000000542. The predicted molar refractivity (Wildman–Crippen MR) is 76.9 cm³/mol. The van der Waals surface area contributed by atoms with E-state index in [-0.39, 0.29) is 24.8 Å². The summed E-state index contributed by atoms with van der Waals surface area (Å²) in [7, 11) is 0. The minimum Gasteiger partial charge on any atom is -1.00 e. The molecule has 0 amide bonds. The molecule has 3 rings (SSSR count). The third-order valence-corrected chi connectivity index (χ3v) is 2.77. The number of benzene rings is 1. The summed E-state index contributed by atoms with van der Waals surface area (Å²) in [4.78, 5) is 0. The van der Waals surface area contributed by atoms with Gasteiger partial charge in [0.1, 0.15) is 0 Å². The Bertz CT molecular complexity index is 559. The first-order valence-corrected chi connectivity index (χ1v) is 7.42. The van der Waals surface area contributed by atoms with Gasteiger partial charge < -0.3 is 24.8 Å². The van der Waals surface area contributed by atoms with Crippen LogP contribution in [0.2, 0.25) is 0 Å². The second-order valence-corrected chi connectivity index (χ2v) is 7.17. The minimum absolute atomic E-state index is 0. The first-order chi connectivity index (χ1) is 8.66. The fourth-order valence-electron chi connectivity index (χ4n) is 2.02. The summed E-state index contributed by atoms with van der Waals surface area (Å²) < 4.78 is 1.51. The van der Waals surface area contributed by atoms with Gasteiger partial charge in [0.25, 0.3) is 0 Å². The third-order valence-electron chi connectivity index (χ3n) is 2.77. The fraction of sp³-hybridized carbons (Fsp3) is 0.176. The van der Waals surface area contributed by atoms with E-state index in [2.05, 4.69) is 74.5 Å². The van der Waals surface area contributed by atoms with Gasteiger partial charge in [-0.15, -0.1) is 40.6 Å². The molecular formula is C17H17Cl2Zr-. The molecule has 0 aliphatic heterocycles. The Morgan fingerprint density at radius 1 is 1.05 bits per heavy atom. The van der Waals surface area contributed by atoms with Crippen LogP contribution in [-0.4, -0.2) is 3.21 Å². The molecule has 104 valence electrons. The van der Waals surface area contributed by atoms with Crippen LogP contribution in [0.3, 0.4) is 0 Å². The molecule has 0 aromatic heterocycles. The van der Waals surface area contributed by atoms with Crippen LogP contribution >= 0.6 is 0 Å². The Kier molecular flexibility index (Phi) is 9.39. The molecule has 2 aromatic carbocycles. The van der Waals surface area contributed by atoms with Crippen molar-refractivity contribution in [1.29, 1.82) is 0 Å². The molecule has 20 heavy (non-hydrogen) atoms. The molecule has 1 aliphatic carbocycles. The van der Waals surface area contributed by atoms with Crippen LogP contribution in [0.25, 0.3) is 10.8 Å². The zero-order valence-corrected chi connectivity index (χ0v) is 15.6. The van der Waals surface area contributed by atoms with E-state index in [0.717, 1.165) is 0 Å². The summed E-state index contributed by atoms with van der Waals surface area (Å²) in [6.45, 7) is 4.25. The van der Waals surface area contributed by atoms with E-state index in [1.165, 1.54) is 19.5 Å². The fourth-order valence-corrected chi connectivity index (χ4v) is 2.02. The van der Waals surface area contributed by atoms with Crippen LogP contribution in [0.5, 0.6) is 0 Å². The van der Waals surface area contributed by atoms with Crippen molar-refractivity contribution < 1.29 is 49.0 Å². The molecule has 0 spiro atoms. The molecule has 0 saturated heterocycles. The number of allylic oxidation sites excluding steroid dienone is 4. The second-order valence-electron chi connectivity index (χ2n) is 4.71. The van der Waals surface area contributed by atoms with Crippen LogP contribution in [-0.2, 0) is 24.2 Å². The Hall–Kier alpha value is -0.357. The van der Waals surface area contributed by atoms with E-state index >= 15 is 0 Å². The molecule has 0 saturated carbocycles. The normalized spacial score (nSPS) is 12.4. The molecule has 0 unspecified atom stereocenters. The van der Waals surface area contributed by atoms with Crippen molar-refractivity contribution in [2.75, 3.05) is 0 Å². The van der Waals surface area contributed by atoms with Gasteiger partial charge in [-0.1, -0.05) is 30.4 Å². The van der Waals surface area contributed by atoms with Crippen molar-refractivity contribution in [2.45, 2.75) is 19.8 Å². The molecule has 1 aliphatic rings. The largest absolute Gasteiger partial charge is 1.00 e. The quantitative estimate of drug-likeness (QED) is 0.527. The monoisotopic (exact) mass is 381 g/mol. The van der Waals surface area contributed by atoms with Gasteiger partial charge in [-0.3, -0.25) is 0 Å². The van der Waals surface area contributed by atoms with Gasteiger partial charge in [-0.25, -0.2) is 0 Å². The van der Waals surface area contributed by atoms with Gasteiger partial charge in [-0.2, -0.15) is 6.07 Å². The first-order valence-electron chi connectivity index (χ1n) is 6.19. The summed E-state index contributed by atoms with van der Waals surface area (Å²) in [5.74, 6) is 0.488. The molecule has 0 fully saturated rings. The van der Waals surface area contributed by atoms with Gasteiger partial charge in [0.15, 0.2) is 0 Å². The number of rotatable bonds is 1. The van der Waals surface area contributed by atoms with Crippen LogP contribution in [0.1, 0.15) is 25.3 Å². The molecule has 0 radical (unpaired) electrons. The average molecular weight is 383 g/mol. The van der Waals surface area contributed by atoms with Crippen molar-refractivity contribution >= 4 is 14.0 Å². The Morgan fingerprint density at radius 2 is 1.60 bits per heavy atom. The van der Waals surface area contributed by atoms with Gasteiger partial charge >= 0.3 is 41.3 Å². The Labute approximate surface area is 148 Å². The van der Waals surface area contributed by atoms with Crippen molar-refractivity contribution in [2.24, 2.45) is 0 Å². The summed E-state index contributed by atoms with van der Waals surface area (Å²) in [5, 5.41) is 2.69. The molecule has 0 nitrogen and oxygen atoms in total. The van der Waals surface area contributed by atoms with E-state index in [4.69, 9.17) is 0 Å². The number of hydrogen-bond acceptors (Lipinski definition) is 0. The summed E-state index contributed by atoms with van der Waals surface area (Å²) in [6.07, 6.45) is 8.69. The molecule has 3 heteroatoms. The number of hydrogen-bond donors (Lipinski definition) is 0. The van der Waals surface area contributed by atoms with Crippen LogP contribution in [0, 0.1) is 0 Å². The van der Waals surface area contributed by atoms with Gasteiger partial charge in [0.2, 0.25) is 0 Å². The van der Waals surface area contributed by atoms with Gasteiger partial charge in [0.05, 0.1) is 0 Å². The van der Waals surface area contributed by atoms with E-state index in [9.17, 15) is 0 Å². The van der Waals surface area contributed by atoms with Crippen molar-refractivity contribution in [3.63, 3.8) is 0 Å². The number of halogens is 2. The van der Waals surface area contributed by atoms with Crippen LogP contribution in [0.15, 0.2) is 60.7 Å². The van der Waals surface area contributed by atoms with Crippen LogP contribution in [0.4, 0.5) is 0 Å². The smallest absolute Gasteiger partial charge is 1.00 e. The zero-order valence-electron chi connectivity index (χ0n) is 11.6. The van der Waals surface area contributed by atoms with E-state index in [1.807, 2.05) is 0 Å². The average Bonchev–Trinajstić information content (AvgIpc) is 2.97. The number of fused-ring (bicyclic) bond motifs is 1. The molecule has 0 bridgehead atoms.